The van der Waals surface area contributed by atoms with Crippen molar-refractivity contribution in [3.05, 3.63) is 101 Å². The third-order valence-corrected chi connectivity index (χ3v) is 6.20. The van der Waals surface area contributed by atoms with E-state index >= 15 is 0 Å². The average Bonchev–Trinajstić information content (AvgIpc) is 3.13. The van der Waals surface area contributed by atoms with Gasteiger partial charge >= 0.3 is 0 Å². The molecule has 0 saturated carbocycles. The molecule has 2 N–H and O–H groups in total. The molecular formula is C29H29NO6. The number of amides is 1. The number of aryl methyl sites for hydroxylation is 1. The van der Waals surface area contributed by atoms with E-state index in [1.807, 2.05) is 37.3 Å². The molecule has 0 spiro atoms. The van der Waals surface area contributed by atoms with E-state index in [-0.39, 0.29) is 23.6 Å². The summed E-state index contributed by atoms with van der Waals surface area (Å²) >= 11 is 0. The summed E-state index contributed by atoms with van der Waals surface area (Å²) in [5.41, 5.74) is 2.81. The number of ether oxygens (including phenoxy) is 2. The fourth-order valence-electron chi connectivity index (χ4n) is 4.37. The number of phenolic OH excluding ortho intramolecular Hbond substituents is 1. The number of likely N-dealkylation sites (tertiary alicyclic amines) is 1. The Morgan fingerprint density at radius 2 is 1.72 bits per heavy atom. The van der Waals surface area contributed by atoms with Crippen LogP contribution in [0.25, 0.3) is 5.76 Å². The second-order valence-electron chi connectivity index (χ2n) is 8.68. The first-order chi connectivity index (χ1) is 17.4. The number of ketones is 1. The number of carbonyl (C=O) groups excluding carboxylic acids is 2. The van der Waals surface area contributed by atoms with Gasteiger partial charge in [-0.3, -0.25) is 9.59 Å². The summed E-state index contributed by atoms with van der Waals surface area (Å²) in [6.07, 6.45) is 0.532. The van der Waals surface area contributed by atoms with Gasteiger partial charge in [0.05, 0.1) is 11.6 Å². The van der Waals surface area contributed by atoms with Gasteiger partial charge < -0.3 is 24.6 Å². The van der Waals surface area contributed by atoms with Crippen molar-refractivity contribution in [3.63, 3.8) is 0 Å². The minimum absolute atomic E-state index is 0.0177. The molecule has 1 fully saturated rings. The first kappa shape index (κ1) is 25.0. The van der Waals surface area contributed by atoms with Crippen molar-refractivity contribution in [1.82, 2.24) is 4.90 Å². The maximum Gasteiger partial charge on any atom is 0.295 e. The van der Waals surface area contributed by atoms with Crippen LogP contribution in [0, 0.1) is 6.92 Å². The zero-order valence-electron chi connectivity index (χ0n) is 20.3. The topological polar surface area (TPSA) is 96.3 Å². The molecule has 1 atom stereocenters. The summed E-state index contributed by atoms with van der Waals surface area (Å²) in [6.45, 7) is 2.93. The molecule has 7 heteroatoms. The van der Waals surface area contributed by atoms with Crippen LogP contribution >= 0.6 is 0 Å². The molecule has 3 aromatic carbocycles. The molecule has 1 aliphatic rings. The molecular weight excluding hydrogens is 458 g/mol. The molecule has 0 radical (unpaired) electrons. The zero-order valence-corrected chi connectivity index (χ0v) is 20.3. The fourth-order valence-corrected chi connectivity index (χ4v) is 4.37. The standard InChI is InChI=1S/C29H29NO6/c1-19-17-23(36-18-20-7-4-3-5-8-20)13-14-24(19)27(32)25-26(21-9-11-22(31)12-10-21)30(15-6-16-35-2)29(34)28(25)33/h3-5,7-14,17,26,31-32H,6,15-16,18H2,1-2H3/b27-25+. The zero-order chi connectivity index (χ0) is 25.7. The van der Waals surface area contributed by atoms with E-state index in [1.165, 1.54) is 17.0 Å². The largest absolute Gasteiger partial charge is 0.508 e. The molecule has 1 heterocycles. The van der Waals surface area contributed by atoms with Crippen molar-refractivity contribution in [3.8, 4) is 11.5 Å². The molecule has 1 saturated heterocycles. The molecule has 1 unspecified atom stereocenters. The summed E-state index contributed by atoms with van der Waals surface area (Å²) in [7, 11) is 1.57. The minimum Gasteiger partial charge on any atom is -0.508 e. The van der Waals surface area contributed by atoms with Crippen LogP contribution in [0.5, 0.6) is 11.5 Å². The van der Waals surface area contributed by atoms with E-state index in [9.17, 15) is 19.8 Å². The van der Waals surface area contributed by atoms with Gasteiger partial charge in [0.25, 0.3) is 11.7 Å². The SMILES string of the molecule is COCCCN1C(=O)C(=O)/C(=C(/O)c2ccc(OCc3ccccc3)cc2C)C1c1ccc(O)cc1. The van der Waals surface area contributed by atoms with Crippen LogP contribution in [0.15, 0.2) is 78.4 Å². The Morgan fingerprint density at radius 3 is 2.39 bits per heavy atom. The second kappa shape index (κ2) is 11.1. The smallest absolute Gasteiger partial charge is 0.295 e. The number of aromatic hydroxyl groups is 1. The van der Waals surface area contributed by atoms with E-state index in [0.29, 0.717) is 42.1 Å². The Kier molecular flexibility index (Phi) is 7.71. The Morgan fingerprint density at radius 1 is 1.00 bits per heavy atom. The summed E-state index contributed by atoms with van der Waals surface area (Å²) in [5.74, 6) is -0.967. The van der Waals surface area contributed by atoms with E-state index in [4.69, 9.17) is 9.47 Å². The summed E-state index contributed by atoms with van der Waals surface area (Å²) in [4.78, 5) is 27.6. The monoisotopic (exact) mass is 487 g/mol. The highest BCUT2D eigenvalue weighted by molar-refractivity contribution is 6.46. The normalized spacial score (nSPS) is 16.9. The third-order valence-electron chi connectivity index (χ3n) is 6.20. The van der Waals surface area contributed by atoms with Gasteiger partial charge in [-0.25, -0.2) is 0 Å². The van der Waals surface area contributed by atoms with Crippen molar-refractivity contribution in [2.75, 3.05) is 20.3 Å². The van der Waals surface area contributed by atoms with Gasteiger partial charge in [-0.05, 0) is 60.4 Å². The average molecular weight is 488 g/mol. The van der Waals surface area contributed by atoms with Crippen molar-refractivity contribution >= 4 is 17.4 Å². The van der Waals surface area contributed by atoms with Gasteiger partial charge in [0.15, 0.2) is 0 Å². The van der Waals surface area contributed by atoms with Crippen LogP contribution < -0.4 is 4.74 Å². The number of hydrogen-bond donors (Lipinski definition) is 2. The minimum atomic E-state index is -0.782. The third kappa shape index (κ3) is 5.26. The Bertz CT molecular complexity index is 1270. The van der Waals surface area contributed by atoms with Crippen LogP contribution in [0.3, 0.4) is 0 Å². The maximum atomic E-state index is 13.1. The number of carbonyl (C=O) groups is 2. The molecule has 0 aliphatic carbocycles. The molecule has 0 bridgehead atoms. The number of phenols is 1. The molecule has 3 aromatic rings. The van der Waals surface area contributed by atoms with Crippen molar-refractivity contribution in [2.45, 2.75) is 26.0 Å². The molecule has 36 heavy (non-hydrogen) atoms. The van der Waals surface area contributed by atoms with Gasteiger partial charge in [-0.15, -0.1) is 0 Å². The van der Waals surface area contributed by atoms with Gasteiger partial charge in [-0.1, -0.05) is 42.5 Å². The molecule has 4 rings (SSSR count). The predicted molar refractivity (Wildman–Crippen MR) is 136 cm³/mol. The number of methoxy groups -OCH3 is 1. The van der Waals surface area contributed by atoms with Crippen LogP contribution in [0.1, 0.15) is 34.7 Å². The lowest BCUT2D eigenvalue weighted by Gasteiger charge is -2.25. The van der Waals surface area contributed by atoms with Crippen molar-refractivity contribution in [1.29, 1.82) is 0 Å². The number of hydrogen-bond acceptors (Lipinski definition) is 6. The molecule has 0 aromatic heterocycles. The summed E-state index contributed by atoms with van der Waals surface area (Å²) in [6, 6.07) is 20.5. The number of benzene rings is 3. The highest BCUT2D eigenvalue weighted by atomic mass is 16.5. The van der Waals surface area contributed by atoms with E-state index < -0.39 is 17.7 Å². The molecule has 186 valence electrons. The van der Waals surface area contributed by atoms with E-state index in [2.05, 4.69) is 0 Å². The highest BCUT2D eigenvalue weighted by Crippen LogP contribution is 2.40. The highest BCUT2D eigenvalue weighted by Gasteiger charge is 2.45. The first-order valence-corrected chi connectivity index (χ1v) is 11.7. The predicted octanol–water partition coefficient (Wildman–Crippen LogP) is 4.74. The Hall–Kier alpha value is -4.10. The quantitative estimate of drug-likeness (QED) is 0.196. The summed E-state index contributed by atoms with van der Waals surface area (Å²) < 4.78 is 11.0. The number of Topliss-reactive ketones (excluding diaryl/α,β-unsaturated/α-hetero) is 1. The number of nitrogens with zero attached hydrogens (tertiary/aromatic N) is 1. The fraction of sp³-hybridized carbons (Fsp3) is 0.241. The van der Waals surface area contributed by atoms with Crippen LogP contribution in [-0.4, -0.2) is 47.1 Å². The van der Waals surface area contributed by atoms with E-state index in [0.717, 1.165) is 5.56 Å². The molecule has 1 aliphatic heterocycles. The van der Waals surface area contributed by atoms with Gasteiger partial charge in [0.2, 0.25) is 0 Å². The summed E-state index contributed by atoms with van der Waals surface area (Å²) in [5, 5.41) is 21.1. The van der Waals surface area contributed by atoms with Crippen molar-refractivity contribution in [2.24, 2.45) is 0 Å². The van der Waals surface area contributed by atoms with E-state index in [1.54, 1.807) is 37.4 Å². The number of aliphatic hydroxyl groups excluding tert-OH is 1. The second-order valence-corrected chi connectivity index (χ2v) is 8.68. The Labute approximate surface area is 210 Å². The molecule has 7 nitrogen and oxygen atoms in total. The first-order valence-electron chi connectivity index (χ1n) is 11.7. The van der Waals surface area contributed by atoms with Gasteiger partial charge in [0.1, 0.15) is 23.9 Å². The van der Waals surface area contributed by atoms with Crippen LogP contribution in [0.4, 0.5) is 0 Å². The lowest BCUT2D eigenvalue weighted by Crippen LogP contribution is -2.31. The van der Waals surface area contributed by atoms with Gasteiger partial charge in [0, 0.05) is 25.8 Å². The van der Waals surface area contributed by atoms with Crippen LogP contribution in [-0.2, 0) is 20.9 Å². The number of aliphatic hydroxyl groups is 1. The maximum absolute atomic E-state index is 13.1. The number of rotatable bonds is 9. The Balaban J connectivity index is 1.68. The van der Waals surface area contributed by atoms with Gasteiger partial charge in [-0.2, -0.15) is 0 Å². The van der Waals surface area contributed by atoms with Crippen LogP contribution in [0.2, 0.25) is 0 Å². The van der Waals surface area contributed by atoms with Crippen molar-refractivity contribution < 1.29 is 29.3 Å². The lowest BCUT2D eigenvalue weighted by molar-refractivity contribution is -0.140. The lowest BCUT2D eigenvalue weighted by atomic mass is 9.94. The molecule has 1 amide bonds.